The van der Waals surface area contributed by atoms with Crippen molar-refractivity contribution in [3.05, 3.63) is 29.1 Å². The SMILES string of the molecule is CCC(C)CN(CC)S(=O)(=O)c1cc(C)c(F)c(CCl)c1. The van der Waals surface area contributed by atoms with Crippen LogP contribution in [0.15, 0.2) is 17.0 Å². The van der Waals surface area contributed by atoms with E-state index in [0.29, 0.717) is 18.7 Å². The maximum absolute atomic E-state index is 13.8. The summed E-state index contributed by atoms with van der Waals surface area (Å²) in [5.41, 5.74) is 0.515. The molecule has 0 aromatic heterocycles. The minimum absolute atomic E-state index is 0.0481. The number of rotatable bonds is 7. The molecule has 0 saturated heterocycles. The van der Waals surface area contributed by atoms with Crippen LogP contribution in [0.5, 0.6) is 0 Å². The Morgan fingerprint density at radius 1 is 1.33 bits per heavy atom. The number of benzene rings is 1. The molecule has 0 spiro atoms. The third-order valence-corrected chi connectivity index (χ3v) is 5.86. The molecule has 0 fully saturated rings. The van der Waals surface area contributed by atoms with Crippen molar-refractivity contribution < 1.29 is 12.8 Å². The molecule has 0 radical (unpaired) electrons. The molecule has 0 saturated carbocycles. The third kappa shape index (κ3) is 4.18. The molecule has 1 aromatic carbocycles. The van der Waals surface area contributed by atoms with E-state index in [-0.39, 0.29) is 22.3 Å². The Bertz CT molecular complexity index is 590. The number of hydrogen-bond donors (Lipinski definition) is 0. The third-order valence-electron chi connectivity index (χ3n) is 3.65. The molecule has 1 aromatic rings. The minimum Gasteiger partial charge on any atom is -0.207 e. The van der Waals surface area contributed by atoms with Gasteiger partial charge in [-0.05, 0) is 30.5 Å². The van der Waals surface area contributed by atoms with Gasteiger partial charge in [0.05, 0.1) is 10.8 Å². The monoisotopic (exact) mass is 335 g/mol. The van der Waals surface area contributed by atoms with E-state index in [9.17, 15) is 12.8 Å². The molecule has 6 heteroatoms. The smallest absolute Gasteiger partial charge is 0.207 e. The molecule has 120 valence electrons. The van der Waals surface area contributed by atoms with Crippen molar-refractivity contribution in [3.8, 4) is 0 Å². The van der Waals surface area contributed by atoms with Gasteiger partial charge in [0.15, 0.2) is 0 Å². The van der Waals surface area contributed by atoms with Crippen LogP contribution in [-0.2, 0) is 15.9 Å². The van der Waals surface area contributed by atoms with Gasteiger partial charge < -0.3 is 0 Å². The van der Waals surface area contributed by atoms with Crippen molar-refractivity contribution >= 4 is 21.6 Å². The lowest BCUT2D eigenvalue weighted by Gasteiger charge is -2.24. The fraction of sp³-hybridized carbons (Fsp3) is 0.600. The second-order valence-corrected chi connectivity index (χ2v) is 7.52. The summed E-state index contributed by atoms with van der Waals surface area (Å²) in [6.07, 6.45) is 0.904. The zero-order valence-corrected chi connectivity index (χ0v) is 14.6. The van der Waals surface area contributed by atoms with Crippen LogP contribution >= 0.6 is 11.6 Å². The molecule has 1 unspecified atom stereocenters. The van der Waals surface area contributed by atoms with Crippen LogP contribution in [0.3, 0.4) is 0 Å². The number of hydrogen-bond acceptors (Lipinski definition) is 2. The highest BCUT2D eigenvalue weighted by molar-refractivity contribution is 7.89. The van der Waals surface area contributed by atoms with Gasteiger partial charge in [0.25, 0.3) is 0 Å². The van der Waals surface area contributed by atoms with Crippen molar-refractivity contribution in [1.29, 1.82) is 0 Å². The highest BCUT2D eigenvalue weighted by atomic mass is 35.5. The summed E-state index contributed by atoms with van der Waals surface area (Å²) >= 11 is 5.70. The average Bonchev–Trinajstić information content (AvgIpc) is 2.46. The number of halogens is 2. The number of nitrogens with zero attached hydrogens (tertiary/aromatic N) is 1. The zero-order chi connectivity index (χ0) is 16.2. The van der Waals surface area contributed by atoms with Gasteiger partial charge in [-0.1, -0.05) is 27.2 Å². The Hall–Kier alpha value is -0.650. The molecular weight excluding hydrogens is 313 g/mol. The molecule has 0 bridgehead atoms. The first-order valence-corrected chi connectivity index (χ1v) is 9.10. The largest absolute Gasteiger partial charge is 0.243 e. The second-order valence-electron chi connectivity index (χ2n) is 5.32. The predicted octanol–water partition coefficient (Wildman–Crippen LogP) is 3.93. The molecule has 0 aliphatic carbocycles. The van der Waals surface area contributed by atoms with Gasteiger partial charge in [-0.15, -0.1) is 11.6 Å². The first-order chi connectivity index (χ1) is 9.77. The van der Waals surface area contributed by atoms with Gasteiger partial charge in [-0.2, -0.15) is 4.31 Å². The summed E-state index contributed by atoms with van der Waals surface area (Å²) in [5.74, 6) is -0.212. The topological polar surface area (TPSA) is 37.4 Å². The van der Waals surface area contributed by atoms with E-state index in [1.54, 1.807) is 13.8 Å². The Morgan fingerprint density at radius 2 is 1.95 bits per heavy atom. The Morgan fingerprint density at radius 3 is 2.43 bits per heavy atom. The van der Waals surface area contributed by atoms with Crippen LogP contribution in [0.25, 0.3) is 0 Å². The van der Waals surface area contributed by atoms with Gasteiger partial charge in [0.1, 0.15) is 5.82 Å². The summed E-state index contributed by atoms with van der Waals surface area (Å²) in [6.45, 7) is 8.24. The van der Waals surface area contributed by atoms with E-state index in [4.69, 9.17) is 11.6 Å². The van der Waals surface area contributed by atoms with Gasteiger partial charge in [-0.3, -0.25) is 0 Å². The van der Waals surface area contributed by atoms with Crippen LogP contribution < -0.4 is 0 Å². The van der Waals surface area contributed by atoms with Crippen molar-refractivity contribution in [3.63, 3.8) is 0 Å². The molecule has 3 nitrogen and oxygen atoms in total. The molecule has 1 atom stereocenters. The van der Waals surface area contributed by atoms with E-state index < -0.39 is 15.8 Å². The molecule has 0 amide bonds. The summed E-state index contributed by atoms with van der Waals surface area (Å²) in [6, 6.07) is 2.71. The van der Waals surface area contributed by atoms with Crippen molar-refractivity contribution in [2.24, 2.45) is 5.92 Å². The van der Waals surface area contributed by atoms with E-state index in [1.807, 2.05) is 13.8 Å². The number of alkyl halides is 1. The molecule has 1 rings (SSSR count). The Balaban J connectivity index is 3.26. The molecule has 21 heavy (non-hydrogen) atoms. The van der Waals surface area contributed by atoms with Gasteiger partial charge in [0.2, 0.25) is 10.0 Å². The number of sulfonamides is 1. The summed E-state index contributed by atoms with van der Waals surface area (Å²) in [4.78, 5) is 0.113. The average molecular weight is 336 g/mol. The lowest BCUT2D eigenvalue weighted by atomic mass is 10.1. The van der Waals surface area contributed by atoms with Crippen LogP contribution in [0, 0.1) is 18.7 Å². The Kier molecular flexibility index (Phi) is 6.63. The maximum Gasteiger partial charge on any atom is 0.243 e. The van der Waals surface area contributed by atoms with E-state index in [0.717, 1.165) is 6.42 Å². The van der Waals surface area contributed by atoms with E-state index in [1.165, 1.54) is 16.4 Å². The fourth-order valence-corrected chi connectivity index (χ4v) is 3.98. The second kappa shape index (κ2) is 7.56. The van der Waals surface area contributed by atoms with Crippen molar-refractivity contribution in [2.75, 3.05) is 13.1 Å². The van der Waals surface area contributed by atoms with Crippen molar-refractivity contribution in [2.45, 2.75) is 44.9 Å². The lowest BCUT2D eigenvalue weighted by molar-refractivity contribution is 0.361. The van der Waals surface area contributed by atoms with Gasteiger partial charge in [-0.25, -0.2) is 12.8 Å². The minimum atomic E-state index is -3.62. The highest BCUT2D eigenvalue weighted by Crippen LogP contribution is 2.24. The van der Waals surface area contributed by atoms with Crippen LogP contribution in [0.2, 0.25) is 0 Å². The van der Waals surface area contributed by atoms with Gasteiger partial charge in [0, 0.05) is 18.7 Å². The number of aryl methyl sites for hydroxylation is 1. The highest BCUT2D eigenvalue weighted by Gasteiger charge is 2.25. The Labute approximate surface area is 132 Å². The standard InChI is InChI=1S/C15H23ClFNO2S/c1-5-11(3)10-18(6-2)21(19,20)14-7-12(4)15(17)13(8-14)9-16/h7-8,11H,5-6,9-10H2,1-4H3. The van der Waals surface area contributed by atoms with Crippen LogP contribution in [-0.4, -0.2) is 25.8 Å². The summed E-state index contributed by atoms with van der Waals surface area (Å²) in [5, 5.41) is 0. The van der Waals surface area contributed by atoms with Crippen LogP contribution in [0.1, 0.15) is 38.3 Å². The fourth-order valence-electron chi connectivity index (χ4n) is 2.08. The molecule has 0 aliphatic heterocycles. The summed E-state index contributed by atoms with van der Waals surface area (Å²) < 4.78 is 40.7. The molecule has 0 heterocycles. The lowest BCUT2D eigenvalue weighted by Crippen LogP contribution is -2.34. The quantitative estimate of drug-likeness (QED) is 0.708. The van der Waals surface area contributed by atoms with E-state index >= 15 is 0 Å². The molecular formula is C15H23ClFNO2S. The van der Waals surface area contributed by atoms with Crippen molar-refractivity contribution in [1.82, 2.24) is 4.31 Å². The van der Waals surface area contributed by atoms with Gasteiger partial charge >= 0.3 is 0 Å². The maximum atomic E-state index is 13.8. The van der Waals surface area contributed by atoms with E-state index in [2.05, 4.69) is 0 Å². The molecule has 0 aliphatic rings. The van der Waals surface area contributed by atoms with Crippen LogP contribution in [0.4, 0.5) is 4.39 Å². The predicted molar refractivity (Wildman–Crippen MR) is 84.6 cm³/mol. The first kappa shape index (κ1) is 18.4. The molecule has 0 N–H and O–H groups in total. The normalized spacial score (nSPS) is 13.7. The zero-order valence-electron chi connectivity index (χ0n) is 13.0. The summed E-state index contributed by atoms with van der Waals surface area (Å²) in [7, 11) is -3.62. The first-order valence-electron chi connectivity index (χ1n) is 7.13.